The second-order valence-corrected chi connectivity index (χ2v) is 4.74. The molecule has 0 bridgehead atoms. The number of nitrogens with zero attached hydrogens (tertiary/aromatic N) is 3. The van der Waals surface area contributed by atoms with Crippen molar-refractivity contribution in [2.75, 3.05) is 6.54 Å². The Kier molecular flexibility index (Phi) is 4.00. The highest BCUT2D eigenvalue weighted by molar-refractivity contribution is 7.15. The predicted molar refractivity (Wildman–Crippen MR) is 74.9 cm³/mol. The minimum Gasteiger partial charge on any atom is -0.348 e. The Balaban J connectivity index is 2.40. The number of aromatic nitrogens is 2. The van der Waals surface area contributed by atoms with Crippen LogP contribution in [0.5, 0.6) is 0 Å². The number of carbonyl (C=O) groups is 1. The lowest BCUT2D eigenvalue weighted by atomic mass is 10.2. The van der Waals surface area contributed by atoms with Gasteiger partial charge in [-0.25, -0.2) is 4.98 Å². The fourth-order valence-electron chi connectivity index (χ4n) is 1.45. The maximum Gasteiger partial charge on any atom is 0.262 e. The molecular weight excluding hydrogens is 284 g/mol. The van der Waals surface area contributed by atoms with Crippen LogP contribution in [0.25, 0.3) is 11.0 Å². The molecule has 0 aromatic carbocycles. The Labute approximate surface area is 118 Å². The van der Waals surface area contributed by atoms with Crippen molar-refractivity contribution in [1.82, 2.24) is 14.7 Å². The number of nitriles is 1. The molecule has 2 rings (SSSR count). The van der Waals surface area contributed by atoms with Crippen molar-refractivity contribution < 1.29 is 4.79 Å². The highest BCUT2D eigenvalue weighted by Gasteiger charge is 2.13. The number of carbonyl (C=O) groups excluding carboxylic acids is 1. The summed E-state index contributed by atoms with van der Waals surface area (Å²) in [6.45, 7) is 3.79. The van der Waals surface area contributed by atoms with Crippen molar-refractivity contribution in [2.24, 2.45) is 0 Å². The van der Waals surface area contributed by atoms with Crippen LogP contribution in [0, 0.1) is 11.3 Å². The van der Waals surface area contributed by atoms with Crippen LogP contribution in [0.15, 0.2) is 29.8 Å². The molecule has 0 fully saturated rings. The van der Waals surface area contributed by atoms with Crippen LogP contribution in [-0.4, -0.2) is 21.8 Å². The van der Waals surface area contributed by atoms with Gasteiger partial charge >= 0.3 is 0 Å². The summed E-state index contributed by atoms with van der Waals surface area (Å²) in [5.41, 5.74) is 0.486. The van der Waals surface area contributed by atoms with Crippen molar-refractivity contribution in [1.29, 1.82) is 5.26 Å². The Morgan fingerprint density at radius 3 is 3.21 bits per heavy atom. The largest absolute Gasteiger partial charge is 0.348 e. The fraction of sp³-hybridized carbons (Fsp3) is 0.0833. The topological polar surface area (TPSA) is 70.2 Å². The maximum atomic E-state index is 11.7. The van der Waals surface area contributed by atoms with Crippen LogP contribution in [0.1, 0.15) is 5.69 Å². The Hall–Kier alpha value is -2.10. The first-order valence-electron chi connectivity index (χ1n) is 5.29. The number of fused-ring (bicyclic) bond motifs is 1. The number of imidazole rings is 1. The van der Waals surface area contributed by atoms with Gasteiger partial charge in [0, 0.05) is 18.1 Å². The first kappa shape index (κ1) is 13.3. The third kappa shape index (κ3) is 2.67. The molecule has 96 valence electrons. The zero-order valence-corrected chi connectivity index (χ0v) is 11.3. The summed E-state index contributed by atoms with van der Waals surface area (Å²) in [7, 11) is 0. The molecule has 0 saturated carbocycles. The van der Waals surface area contributed by atoms with Gasteiger partial charge in [0.15, 0.2) is 10.1 Å². The van der Waals surface area contributed by atoms with E-state index in [0.717, 1.165) is 0 Å². The summed E-state index contributed by atoms with van der Waals surface area (Å²) in [6.07, 6.45) is 4.74. The van der Waals surface area contributed by atoms with Gasteiger partial charge in [-0.2, -0.15) is 5.26 Å². The average Bonchev–Trinajstić information content (AvgIpc) is 2.95. The number of thiazole rings is 1. The number of rotatable bonds is 4. The van der Waals surface area contributed by atoms with E-state index in [0.29, 0.717) is 17.2 Å². The molecule has 2 aromatic rings. The molecule has 0 unspecified atom stereocenters. The molecule has 2 heterocycles. The van der Waals surface area contributed by atoms with Gasteiger partial charge in [-0.1, -0.05) is 17.7 Å². The zero-order valence-electron chi connectivity index (χ0n) is 9.76. The summed E-state index contributed by atoms with van der Waals surface area (Å²) >= 11 is 7.41. The molecule has 0 radical (unpaired) electrons. The number of hydrogen-bond acceptors (Lipinski definition) is 4. The maximum absolute atomic E-state index is 11.7. The van der Waals surface area contributed by atoms with E-state index in [1.54, 1.807) is 10.6 Å². The fourth-order valence-corrected chi connectivity index (χ4v) is 2.45. The standard InChI is InChI=1S/C12H9ClN4OS/c1-2-3-15-11(18)8(7-14)6-9-10(13)16-12-17(9)4-5-19-12/h2,4-6H,1,3H2,(H,15,18)/b8-6+. The van der Waals surface area contributed by atoms with E-state index in [2.05, 4.69) is 16.9 Å². The second-order valence-electron chi connectivity index (χ2n) is 3.51. The average molecular weight is 293 g/mol. The number of hydrogen-bond donors (Lipinski definition) is 1. The van der Waals surface area contributed by atoms with E-state index >= 15 is 0 Å². The first-order chi connectivity index (χ1) is 9.17. The molecule has 19 heavy (non-hydrogen) atoms. The van der Waals surface area contributed by atoms with Gasteiger partial charge in [0.25, 0.3) is 5.91 Å². The molecule has 7 heteroatoms. The quantitative estimate of drug-likeness (QED) is 0.534. The van der Waals surface area contributed by atoms with E-state index in [4.69, 9.17) is 16.9 Å². The van der Waals surface area contributed by atoms with Crippen molar-refractivity contribution in [3.05, 3.63) is 40.7 Å². The molecule has 2 aromatic heterocycles. The van der Waals surface area contributed by atoms with Crippen LogP contribution >= 0.6 is 22.9 Å². The molecule has 5 nitrogen and oxygen atoms in total. The minimum absolute atomic E-state index is 0.0308. The smallest absolute Gasteiger partial charge is 0.262 e. The van der Waals surface area contributed by atoms with Gasteiger partial charge in [-0.3, -0.25) is 9.20 Å². The summed E-state index contributed by atoms with van der Waals surface area (Å²) in [5.74, 6) is -0.469. The Morgan fingerprint density at radius 2 is 2.53 bits per heavy atom. The highest BCUT2D eigenvalue weighted by Crippen LogP contribution is 2.23. The van der Waals surface area contributed by atoms with E-state index in [1.165, 1.54) is 23.5 Å². The lowest BCUT2D eigenvalue weighted by Gasteiger charge is -2.00. The summed E-state index contributed by atoms with van der Waals surface area (Å²) in [5, 5.41) is 13.7. The summed E-state index contributed by atoms with van der Waals surface area (Å²) in [6, 6.07) is 1.85. The molecule has 0 spiro atoms. The molecular formula is C12H9ClN4OS. The minimum atomic E-state index is -0.469. The molecule has 0 aliphatic rings. The SMILES string of the molecule is C=CCNC(=O)/C(C#N)=C/c1c(Cl)nc2sccn12. The van der Waals surface area contributed by atoms with Gasteiger partial charge < -0.3 is 5.32 Å². The van der Waals surface area contributed by atoms with E-state index in [9.17, 15) is 4.79 Å². The van der Waals surface area contributed by atoms with Crippen molar-refractivity contribution in [3.63, 3.8) is 0 Å². The molecule has 0 saturated heterocycles. The van der Waals surface area contributed by atoms with Crippen LogP contribution in [0.2, 0.25) is 5.15 Å². The van der Waals surface area contributed by atoms with E-state index < -0.39 is 5.91 Å². The van der Waals surface area contributed by atoms with E-state index in [-0.39, 0.29) is 10.7 Å². The summed E-state index contributed by atoms with van der Waals surface area (Å²) in [4.78, 5) is 16.6. The third-order valence-corrected chi connectivity index (χ3v) is 3.34. The normalized spacial score (nSPS) is 11.3. The predicted octanol–water partition coefficient (Wildman–Crippen LogP) is 2.26. The van der Waals surface area contributed by atoms with Gasteiger partial charge in [0.05, 0.1) is 5.69 Å². The van der Waals surface area contributed by atoms with Crippen LogP contribution in [-0.2, 0) is 4.79 Å². The van der Waals surface area contributed by atoms with Gasteiger partial charge in [-0.15, -0.1) is 17.9 Å². The van der Waals surface area contributed by atoms with Gasteiger partial charge in [0.2, 0.25) is 0 Å². The van der Waals surface area contributed by atoms with Crippen molar-refractivity contribution >= 4 is 39.9 Å². The molecule has 0 aliphatic carbocycles. The van der Waals surface area contributed by atoms with Crippen molar-refractivity contribution in [3.8, 4) is 6.07 Å². The Morgan fingerprint density at radius 1 is 1.74 bits per heavy atom. The number of nitrogens with one attached hydrogen (secondary N) is 1. The third-order valence-electron chi connectivity index (χ3n) is 2.31. The van der Waals surface area contributed by atoms with Crippen LogP contribution in [0.3, 0.4) is 0 Å². The van der Waals surface area contributed by atoms with E-state index in [1.807, 2.05) is 11.4 Å². The highest BCUT2D eigenvalue weighted by atomic mass is 35.5. The molecule has 0 atom stereocenters. The first-order valence-corrected chi connectivity index (χ1v) is 6.55. The molecule has 1 N–H and O–H groups in total. The zero-order chi connectivity index (χ0) is 13.8. The Bertz CT molecular complexity index is 707. The van der Waals surface area contributed by atoms with Crippen LogP contribution in [0.4, 0.5) is 0 Å². The molecule has 0 aliphatic heterocycles. The monoisotopic (exact) mass is 292 g/mol. The lowest BCUT2D eigenvalue weighted by Crippen LogP contribution is -2.24. The lowest BCUT2D eigenvalue weighted by molar-refractivity contribution is -0.116. The van der Waals surface area contributed by atoms with Gasteiger partial charge in [0.1, 0.15) is 11.6 Å². The molecule has 1 amide bonds. The van der Waals surface area contributed by atoms with Crippen LogP contribution < -0.4 is 5.32 Å². The van der Waals surface area contributed by atoms with Gasteiger partial charge in [-0.05, 0) is 6.08 Å². The van der Waals surface area contributed by atoms with Crippen molar-refractivity contribution in [2.45, 2.75) is 0 Å². The summed E-state index contributed by atoms with van der Waals surface area (Å²) < 4.78 is 1.73. The number of amides is 1. The number of halogens is 1. The second kappa shape index (κ2) is 5.69.